The maximum atomic E-state index is 5.97. The van der Waals surface area contributed by atoms with E-state index in [-0.39, 0.29) is 0 Å². The quantitative estimate of drug-likeness (QED) is 0.594. The lowest BCUT2D eigenvalue weighted by molar-refractivity contribution is 0.310. The van der Waals surface area contributed by atoms with E-state index in [1.54, 1.807) is 0 Å². The van der Waals surface area contributed by atoms with E-state index in [4.69, 9.17) is 4.74 Å². The van der Waals surface area contributed by atoms with Gasteiger partial charge in [0.15, 0.2) is 0 Å². The summed E-state index contributed by atoms with van der Waals surface area (Å²) in [6.45, 7) is 5.02. The van der Waals surface area contributed by atoms with Crippen LogP contribution < -0.4 is 4.74 Å². The highest BCUT2D eigenvalue weighted by Crippen LogP contribution is 2.31. The monoisotopic (exact) mass is 307 g/mol. The van der Waals surface area contributed by atoms with Crippen LogP contribution in [0.1, 0.15) is 31.0 Å². The highest BCUT2D eigenvalue weighted by molar-refractivity contribution is 9.08. The Morgan fingerprint density at radius 1 is 1.28 bits per heavy atom. The van der Waals surface area contributed by atoms with Crippen molar-refractivity contribution >= 4 is 26.8 Å². The Hall–Kier alpha value is -1.09. The third-order valence-electron chi connectivity index (χ3n) is 3.05. The Kier molecular flexibility index (Phi) is 4.59. The van der Waals surface area contributed by atoms with Crippen LogP contribution in [0, 0.1) is 6.92 Å². The van der Waals surface area contributed by atoms with Gasteiger partial charge in [-0.15, -0.1) is 0 Å². The van der Waals surface area contributed by atoms with Gasteiger partial charge in [-0.2, -0.15) is 0 Å². The van der Waals surface area contributed by atoms with Crippen LogP contribution >= 0.6 is 15.9 Å². The number of alkyl halides is 1. The lowest BCUT2D eigenvalue weighted by Gasteiger charge is -2.14. The number of nitrogens with zero attached hydrogens (tertiary/aromatic N) is 1. The Balaban J connectivity index is 2.48. The summed E-state index contributed by atoms with van der Waals surface area (Å²) < 4.78 is 5.97. The zero-order chi connectivity index (χ0) is 13.0. The molecule has 0 atom stereocenters. The largest absolute Gasteiger partial charge is 0.493 e. The van der Waals surface area contributed by atoms with Crippen LogP contribution in [0.5, 0.6) is 5.75 Å². The molecule has 0 radical (unpaired) electrons. The molecule has 0 aliphatic rings. The Morgan fingerprint density at radius 3 is 2.78 bits per heavy atom. The first-order chi connectivity index (χ1) is 8.77. The van der Waals surface area contributed by atoms with E-state index in [1.165, 1.54) is 0 Å². The van der Waals surface area contributed by atoms with Gasteiger partial charge in [-0.3, -0.25) is 4.98 Å². The fourth-order valence-electron chi connectivity index (χ4n) is 1.96. The van der Waals surface area contributed by atoms with Crippen molar-refractivity contribution in [2.45, 2.75) is 32.0 Å². The van der Waals surface area contributed by atoms with Gasteiger partial charge in [0.25, 0.3) is 0 Å². The summed E-state index contributed by atoms with van der Waals surface area (Å²) in [5, 5.41) is 1.86. The molecule has 2 nitrogen and oxygen atoms in total. The van der Waals surface area contributed by atoms with Crippen molar-refractivity contribution in [3.05, 3.63) is 35.5 Å². The zero-order valence-electron chi connectivity index (χ0n) is 10.9. The van der Waals surface area contributed by atoms with Gasteiger partial charge in [-0.05, 0) is 25.5 Å². The second kappa shape index (κ2) is 6.19. The maximum absolute atomic E-state index is 5.97. The minimum absolute atomic E-state index is 0.758. The van der Waals surface area contributed by atoms with Crippen molar-refractivity contribution in [2.75, 3.05) is 6.61 Å². The van der Waals surface area contributed by atoms with Crippen molar-refractivity contribution < 1.29 is 4.74 Å². The Labute approximate surface area is 117 Å². The van der Waals surface area contributed by atoms with Crippen molar-refractivity contribution in [3.63, 3.8) is 0 Å². The van der Waals surface area contributed by atoms with E-state index in [2.05, 4.69) is 40.8 Å². The topological polar surface area (TPSA) is 22.1 Å². The minimum atomic E-state index is 0.758. The number of rotatable bonds is 5. The van der Waals surface area contributed by atoms with E-state index in [0.29, 0.717) is 0 Å². The molecule has 0 fully saturated rings. The number of aromatic nitrogens is 1. The molecule has 0 spiro atoms. The number of hydrogen-bond donors (Lipinski definition) is 0. The Bertz CT molecular complexity index is 539. The number of unbranched alkanes of at least 4 members (excludes halogenated alkanes) is 1. The first-order valence-electron chi connectivity index (χ1n) is 6.35. The molecule has 0 saturated heterocycles. The van der Waals surface area contributed by atoms with Gasteiger partial charge in [0.05, 0.1) is 17.8 Å². The number of fused-ring (bicyclic) bond motifs is 1. The summed E-state index contributed by atoms with van der Waals surface area (Å²) in [5.41, 5.74) is 3.20. The molecule has 0 bridgehead atoms. The third-order valence-corrected chi connectivity index (χ3v) is 3.58. The van der Waals surface area contributed by atoms with Crippen LogP contribution in [0.25, 0.3) is 10.9 Å². The molecular formula is C15H18BrNO. The maximum Gasteiger partial charge on any atom is 0.133 e. The summed E-state index contributed by atoms with van der Waals surface area (Å²) in [4.78, 5) is 4.66. The molecule has 0 amide bonds. The summed E-state index contributed by atoms with van der Waals surface area (Å²) >= 11 is 3.49. The molecule has 0 aliphatic heterocycles. The van der Waals surface area contributed by atoms with E-state index < -0.39 is 0 Å². The van der Waals surface area contributed by atoms with Crippen LogP contribution in [0.3, 0.4) is 0 Å². The summed E-state index contributed by atoms with van der Waals surface area (Å²) in [7, 11) is 0. The lowest BCUT2D eigenvalue weighted by atomic mass is 10.1. The molecule has 1 aromatic heterocycles. The number of ether oxygens (including phenoxy) is 1. The fraction of sp³-hybridized carbons (Fsp3) is 0.400. The van der Waals surface area contributed by atoms with E-state index in [0.717, 1.165) is 52.7 Å². The van der Waals surface area contributed by atoms with Gasteiger partial charge in [0.2, 0.25) is 0 Å². The van der Waals surface area contributed by atoms with Crippen molar-refractivity contribution in [3.8, 4) is 5.75 Å². The van der Waals surface area contributed by atoms with Gasteiger partial charge in [-0.1, -0.05) is 41.4 Å². The molecule has 0 unspecified atom stereocenters. The standard InChI is InChI=1S/C15H18BrNO/c1-3-4-9-18-15-11(2)14(10-16)17-13-8-6-5-7-12(13)15/h5-8H,3-4,9-10H2,1-2H3. The summed E-state index contributed by atoms with van der Waals surface area (Å²) in [6.07, 6.45) is 2.23. The molecule has 2 aromatic rings. The van der Waals surface area contributed by atoms with Crippen LogP contribution in [0.4, 0.5) is 0 Å². The molecule has 0 aliphatic carbocycles. The van der Waals surface area contributed by atoms with E-state index in [9.17, 15) is 0 Å². The Morgan fingerprint density at radius 2 is 2.06 bits per heavy atom. The molecule has 18 heavy (non-hydrogen) atoms. The summed E-state index contributed by atoms with van der Waals surface area (Å²) in [6, 6.07) is 8.16. The second-order valence-electron chi connectivity index (χ2n) is 4.37. The fourth-order valence-corrected chi connectivity index (χ4v) is 2.51. The normalized spacial score (nSPS) is 10.8. The van der Waals surface area contributed by atoms with Crippen molar-refractivity contribution in [2.24, 2.45) is 0 Å². The number of benzene rings is 1. The van der Waals surface area contributed by atoms with Crippen LogP contribution in [0.15, 0.2) is 24.3 Å². The molecule has 1 heterocycles. The summed E-state index contributed by atoms with van der Waals surface area (Å²) in [5.74, 6) is 0.989. The van der Waals surface area contributed by atoms with Gasteiger partial charge >= 0.3 is 0 Å². The van der Waals surface area contributed by atoms with Gasteiger partial charge < -0.3 is 4.74 Å². The third kappa shape index (κ3) is 2.66. The molecule has 96 valence electrons. The number of halogens is 1. The van der Waals surface area contributed by atoms with Gasteiger partial charge in [0, 0.05) is 16.3 Å². The minimum Gasteiger partial charge on any atom is -0.493 e. The highest BCUT2D eigenvalue weighted by Gasteiger charge is 2.11. The average molecular weight is 308 g/mol. The second-order valence-corrected chi connectivity index (χ2v) is 4.93. The smallest absolute Gasteiger partial charge is 0.133 e. The predicted molar refractivity (Wildman–Crippen MR) is 79.5 cm³/mol. The highest BCUT2D eigenvalue weighted by atomic mass is 79.9. The van der Waals surface area contributed by atoms with Gasteiger partial charge in [0.1, 0.15) is 5.75 Å². The predicted octanol–water partition coefficient (Wildman–Crippen LogP) is 4.62. The SMILES string of the molecule is CCCCOc1c(C)c(CBr)nc2ccccc12. The first-order valence-corrected chi connectivity index (χ1v) is 7.47. The zero-order valence-corrected chi connectivity index (χ0v) is 12.5. The molecular weight excluding hydrogens is 290 g/mol. The van der Waals surface area contributed by atoms with Crippen molar-refractivity contribution in [1.29, 1.82) is 0 Å². The van der Waals surface area contributed by atoms with Crippen LogP contribution in [0.2, 0.25) is 0 Å². The van der Waals surface area contributed by atoms with Crippen molar-refractivity contribution in [1.82, 2.24) is 4.98 Å². The van der Waals surface area contributed by atoms with E-state index in [1.807, 2.05) is 18.2 Å². The molecule has 2 rings (SSSR count). The molecule has 1 aromatic carbocycles. The average Bonchev–Trinajstić information content (AvgIpc) is 2.41. The van der Waals surface area contributed by atoms with Crippen LogP contribution in [-0.2, 0) is 5.33 Å². The molecule has 0 N–H and O–H groups in total. The van der Waals surface area contributed by atoms with Crippen LogP contribution in [-0.4, -0.2) is 11.6 Å². The number of para-hydroxylation sites is 1. The molecule has 3 heteroatoms. The number of pyridine rings is 1. The first kappa shape index (κ1) is 13.3. The number of hydrogen-bond acceptors (Lipinski definition) is 2. The van der Waals surface area contributed by atoms with Gasteiger partial charge in [-0.25, -0.2) is 0 Å². The molecule has 0 saturated carbocycles. The van der Waals surface area contributed by atoms with E-state index >= 15 is 0 Å². The lowest BCUT2D eigenvalue weighted by Crippen LogP contribution is -2.02.